The van der Waals surface area contributed by atoms with Crippen molar-refractivity contribution in [3.05, 3.63) is 23.2 Å². The summed E-state index contributed by atoms with van der Waals surface area (Å²) in [6.07, 6.45) is 2.16. The molecule has 0 aliphatic carbocycles. The van der Waals surface area contributed by atoms with Gasteiger partial charge in [-0.1, -0.05) is 38.0 Å². The van der Waals surface area contributed by atoms with Crippen LogP contribution in [0.5, 0.6) is 0 Å². The van der Waals surface area contributed by atoms with E-state index in [0.717, 1.165) is 30.0 Å². The number of aromatic nitrogens is 3. The lowest BCUT2D eigenvalue weighted by Gasteiger charge is -2.13. The first-order chi connectivity index (χ1) is 10.2. The van der Waals surface area contributed by atoms with E-state index in [4.69, 9.17) is 4.74 Å². The number of carbonyl (C=O) groups is 1. The van der Waals surface area contributed by atoms with Gasteiger partial charge in [0.05, 0.1) is 11.5 Å². The summed E-state index contributed by atoms with van der Waals surface area (Å²) in [6.45, 7) is 7.23. The van der Waals surface area contributed by atoms with E-state index in [1.165, 1.54) is 0 Å². The molecule has 0 unspecified atom stereocenters. The lowest BCUT2D eigenvalue weighted by Crippen LogP contribution is -2.12. The minimum atomic E-state index is -0.406. The number of esters is 1. The van der Waals surface area contributed by atoms with Gasteiger partial charge < -0.3 is 4.74 Å². The minimum Gasteiger partial charge on any atom is -0.461 e. The Labute approximate surface area is 128 Å². The normalized spacial score (nSPS) is 11.0. The molecule has 6 heteroatoms. The van der Waals surface area contributed by atoms with E-state index in [1.807, 2.05) is 22.2 Å². The smallest absolute Gasteiger partial charge is 0.361 e. The van der Waals surface area contributed by atoms with Gasteiger partial charge in [-0.2, -0.15) is 0 Å². The average molecular weight is 307 g/mol. The largest absolute Gasteiger partial charge is 0.461 e. The van der Waals surface area contributed by atoms with Crippen LogP contribution < -0.4 is 0 Å². The van der Waals surface area contributed by atoms with Crippen molar-refractivity contribution < 1.29 is 9.53 Å². The van der Waals surface area contributed by atoms with Crippen LogP contribution in [0.2, 0.25) is 0 Å². The fourth-order valence-electron chi connectivity index (χ4n) is 2.23. The number of nitrogens with zero attached hydrogens (tertiary/aromatic N) is 3. The maximum Gasteiger partial charge on any atom is 0.361 e. The second kappa shape index (κ2) is 7.36. The Morgan fingerprint density at radius 2 is 2.14 bits per heavy atom. The molecule has 0 radical (unpaired) electrons. The highest BCUT2D eigenvalue weighted by Crippen LogP contribution is 2.28. The van der Waals surface area contributed by atoms with Crippen LogP contribution in [0, 0.1) is 5.92 Å². The predicted molar refractivity (Wildman–Crippen MR) is 83.4 cm³/mol. The average Bonchev–Trinajstić information content (AvgIpc) is 3.13. The first-order valence-corrected chi connectivity index (χ1v) is 8.23. The van der Waals surface area contributed by atoms with Crippen molar-refractivity contribution in [1.82, 2.24) is 15.0 Å². The van der Waals surface area contributed by atoms with Crippen LogP contribution in [-0.4, -0.2) is 27.6 Å². The van der Waals surface area contributed by atoms with Gasteiger partial charge >= 0.3 is 5.97 Å². The molecule has 21 heavy (non-hydrogen) atoms. The number of thiophene rings is 1. The summed E-state index contributed by atoms with van der Waals surface area (Å²) in [7, 11) is 0. The molecule has 0 aliphatic rings. The van der Waals surface area contributed by atoms with Crippen molar-refractivity contribution in [2.45, 2.75) is 40.2 Å². The molecule has 0 saturated carbocycles. The van der Waals surface area contributed by atoms with Crippen LogP contribution in [-0.2, 0) is 11.3 Å². The summed E-state index contributed by atoms with van der Waals surface area (Å²) in [6, 6.07) is 3.94. The maximum absolute atomic E-state index is 12.1. The zero-order valence-electron chi connectivity index (χ0n) is 12.7. The molecule has 2 heterocycles. The second-order valence-electron chi connectivity index (χ2n) is 4.85. The van der Waals surface area contributed by atoms with Gasteiger partial charge in [-0.3, -0.25) is 0 Å². The van der Waals surface area contributed by atoms with Crippen molar-refractivity contribution in [1.29, 1.82) is 0 Å². The molecule has 0 saturated heterocycles. The van der Waals surface area contributed by atoms with Crippen molar-refractivity contribution in [2.75, 3.05) is 6.61 Å². The SMILES string of the molecule is CCOC(=O)c1nnn(CC(CC)CC)c1-c1cccs1. The van der Waals surface area contributed by atoms with Gasteiger partial charge in [0, 0.05) is 6.54 Å². The highest BCUT2D eigenvalue weighted by molar-refractivity contribution is 7.13. The molecule has 5 nitrogen and oxygen atoms in total. The number of hydrogen-bond acceptors (Lipinski definition) is 5. The monoisotopic (exact) mass is 307 g/mol. The summed E-state index contributed by atoms with van der Waals surface area (Å²) in [5.41, 5.74) is 1.08. The molecule has 0 aliphatic heterocycles. The van der Waals surface area contributed by atoms with Gasteiger partial charge in [0.15, 0.2) is 5.69 Å². The van der Waals surface area contributed by atoms with Gasteiger partial charge in [-0.05, 0) is 24.3 Å². The van der Waals surface area contributed by atoms with E-state index < -0.39 is 5.97 Å². The molecular formula is C15H21N3O2S. The van der Waals surface area contributed by atoms with E-state index in [9.17, 15) is 4.79 Å². The van der Waals surface area contributed by atoms with E-state index >= 15 is 0 Å². The minimum absolute atomic E-state index is 0.310. The predicted octanol–water partition coefficient (Wildman–Crippen LogP) is 3.62. The van der Waals surface area contributed by atoms with Crippen LogP contribution >= 0.6 is 11.3 Å². The van der Waals surface area contributed by atoms with Crippen molar-refractivity contribution in [3.8, 4) is 10.6 Å². The maximum atomic E-state index is 12.1. The van der Waals surface area contributed by atoms with Crippen LogP contribution in [0.15, 0.2) is 17.5 Å². The zero-order valence-corrected chi connectivity index (χ0v) is 13.5. The van der Waals surface area contributed by atoms with Crippen LogP contribution in [0.1, 0.15) is 44.1 Å². The molecule has 2 rings (SSSR count). The quantitative estimate of drug-likeness (QED) is 0.733. The molecule has 0 atom stereocenters. The number of ether oxygens (including phenoxy) is 1. The molecule has 0 fully saturated rings. The van der Waals surface area contributed by atoms with Crippen LogP contribution in [0.3, 0.4) is 0 Å². The summed E-state index contributed by atoms with van der Waals surface area (Å²) < 4.78 is 6.93. The topological polar surface area (TPSA) is 57.0 Å². The Morgan fingerprint density at radius 1 is 1.38 bits per heavy atom. The Balaban J connectivity index is 2.39. The lowest BCUT2D eigenvalue weighted by atomic mass is 10.0. The molecule has 2 aromatic heterocycles. The third-order valence-electron chi connectivity index (χ3n) is 3.54. The van der Waals surface area contributed by atoms with Crippen LogP contribution in [0.4, 0.5) is 0 Å². The van der Waals surface area contributed by atoms with Crippen LogP contribution in [0.25, 0.3) is 10.6 Å². The summed E-state index contributed by atoms with van der Waals surface area (Å²) in [5.74, 6) is 0.122. The summed E-state index contributed by atoms with van der Waals surface area (Å²) in [4.78, 5) is 13.1. The fraction of sp³-hybridized carbons (Fsp3) is 0.533. The molecule has 2 aromatic rings. The first kappa shape index (κ1) is 15.7. The summed E-state index contributed by atoms with van der Waals surface area (Å²) in [5, 5.41) is 10.2. The van der Waals surface area contributed by atoms with E-state index in [-0.39, 0.29) is 0 Å². The molecule has 0 amide bonds. The van der Waals surface area contributed by atoms with E-state index in [1.54, 1.807) is 18.3 Å². The Kier molecular flexibility index (Phi) is 5.50. The summed E-state index contributed by atoms with van der Waals surface area (Å²) >= 11 is 1.58. The van der Waals surface area contributed by atoms with Crippen molar-refractivity contribution in [2.24, 2.45) is 5.92 Å². The lowest BCUT2D eigenvalue weighted by molar-refractivity contribution is 0.0520. The number of rotatable bonds is 7. The van der Waals surface area contributed by atoms with Crippen molar-refractivity contribution in [3.63, 3.8) is 0 Å². The fourth-order valence-corrected chi connectivity index (χ4v) is 3.00. The zero-order chi connectivity index (χ0) is 15.2. The first-order valence-electron chi connectivity index (χ1n) is 7.35. The second-order valence-corrected chi connectivity index (χ2v) is 5.80. The molecule has 0 spiro atoms. The van der Waals surface area contributed by atoms with Gasteiger partial charge in [-0.25, -0.2) is 9.48 Å². The van der Waals surface area contributed by atoms with E-state index in [0.29, 0.717) is 18.2 Å². The molecular weight excluding hydrogens is 286 g/mol. The molecule has 0 N–H and O–H groups in total. The van der Waals surface area contributed by atoms with E-state index in [2.05, 4.69) is 24.2 Å². The highest BCUT2D eigenvalue weighted by atomic mass is 32.1. The Hall–Kier alpha value is -1.69. The Morgan fingerprint density at radius 3 is 2.71 bits per heavy atom. The molecule has 114 valence electrons. The number of carbonyl (C=O) groups excluding carboxylic acids is 1. The molecule has 0 bridgehead atoms. The van der Waals surface area contributed by atoms with Gasteiger partial charge in [0.1, 0.15) is 5.69 Å². The number of hydrogen-bond donors (Lipinski definition) is 0. The standard InChI is InChI=1S/C15H21N3O2S/c1-4-11(5-2)10-18-14(12-8-7-9-21-12)13(16-17-18)15(19)20-6-3/h7-9,11H,4-6,10H2,1-3H3. The molecule has 0 aromatic carbocycles. The van der Waals surface area contributed by atoms with Gasteiger partial charge in [0.25, 0.3) is 0 Å². The highest BCUT2D eigenvalue weighted by Gasteiger charge is 2.23. The van der Waals surface area contributed by atoms with Gasteiger partial charge in [0.2, 0.25) is 0 Å². The van der Waals surface area contributed by atoms with Gasteiger partial charge in [-0.15, -0.1) is 16.4 Å². The van der Waals surface area contributed by atoms with Crippen molar-refractivity contribution >= 4 is 17.3 Å². The Bertz CT molecular complexity index is 574. The third kappa shape index (κ3) is 3.50. The third-order valence-corrected chi connectivity index (χ3v) is 4.42.